The normalized spacial score (nSPS) is 25.7. The van der Waals surface area contributed by atoms with Crippen molar-refractivity contribution in [3.63, 3.8) is 0 Å². The molecule has 43 heavy (non-hydrogen) atoms. The molecular formula is C31H35N3O8S. The summed E-state index contributed by atoms with van der Waals surface area (Å²) in [5.74, 6) is -2.07. The Kier molecular flexibility index (Phi) is 8.41. The van der Waals surface area contributed by atoms with E-state index in [1.165, 1.54) is 30.0 Å². The smallest absolute Gasteiger partial charge is 0.345 e. The third kappa shape index (κ3) is 5.12. The van der Waals surface area contributed by atoms with Gasteiger partial charge in [-0.05, 0) is 30.7 Å². The van der Waals surface area contributed by atoms with Gasteiger partial charge < -0.3 is 29.5 Å². The van der Waals surface area contributed by atoms with Crippen LogP contribution in [0.1, 0.15) is 26.3 Å². The predicted molar refractivity (Wildman–Crippen MR) is 163 cm³/mol. The van der Waals surface area contributed by atoms with Gasteiger partial charge >= 0.3 is 5.97 Å². The molecule has 0 spiro atoms. The average molecular weight is 610 g/mol. The highest BCUT2D eigenvalue weighted by atomic mass is 32.2. The Balaban J connectivity index is 1.48. The van der Waals surface area contributed by atoms with Crippen LogP contribution in [0.4, 0.5) is 17.1 Å². The van der Waals surface area contributed by atoms with Crippen molar-refractivity contribution in [2.45, 2.75) is 48.1 Å². The topological polar surface area (TPSA) is 143 Å². The number of aliphatic carboxylic acids is 1. The van der Waals surface area contributed by atoms with Gasteiger partial charge in [0.25, 0.3) is 5.69 Å². The highest BCUT2D eigenvalue weighted by Gasteiger charge is 2.60. The van der Waals surface area contributed by atoms with Crippen LogP contribution in [-0.2, 0) is 24.5 Å². The number of thioether (sulfide) groups is 1. The Morgan fingerprint density at radius 1 is 1.09 bits per heavy atom. The van der Waals surface area contributed by atoms with Crippen LogP contribution in [0.15, 0.2) is 70.7 Å². The standard InChI is InChI=1S/C31H35N3O8S/c1-5-32-24-11-10-19(34(39)40)16-25(24)43-27(32)18-22-28(35)21(31(22,38)29(36)37)17-26-30(2,3)20-8-6-7-9-23(20)33(26)12-13-42-15-14-41-4/h6-11,16-18,26-27,38H,5,12-15H2,1-4H3,(H,36,37). The molecule has 1 fully saturated rings. The second kappa shape index (κ2) is 11.8. The molecule has 3 unspecified atom stereocenters. The number of hydrogen-bond donors (Lipinski definition) is 2. The molecule has 0 aromatic heterocycles. The molecule has 2 heterocycles. The lowest BCUT2D eigenvalue weighted by atomic mass is 9.66. The number of methoxy groups -OCH3 is 1. The molecule has 5 rings (SSSR count). The van der Waals surface area contributed by atoms with Crippen LogP contribution < -0.4 is 9.80 Å². The number of anilines is 2. The number of benzene rings is 2. The van der Waals surface area contributed by atoms with Crippen LogP contribution >= 0.6 is 11.8 Å². The molecule has 0 amide bonds. The number of nitrogens with zero attached hydrogens (tertiary/aromatic N) is 3. The fourth-order valence-corrected chi connectivity index (χ4v) is 7.51. The summed E-state index contributed by atoms with van der Waals surface area (Å²) in [6.07, 6.45) is 3.07. The molecule has 12 heteroatoms. The lowest BCUT2D eigenvalue weighted by Gasteiger charge is -2.41. The monoisotopic (exact) mass is 609 g/mol. The van der Waals surface area contributed by atoms with Crippen molar-refractivity contribution < 1.29 is 34.2 Å². The van der Waals surface area contributed by atoms with Crippen molar-refractivity contribution in [2.24, 2.45) is 0 Å². The second-order valence-corrected chi connectivity index (χ2v) is 12.3. The number of ketones is 1. The lowest BCUT2D eigenvalue weighted by Crippen LogP contribution is -2.58. The van der Waals surface area contributed by atoms with Gasteiger partial charge in [0, 0.05) is 59.5 Å². The molecule has 3 atom stereocenters. The average Bonchev–Trinajstić information content (AvgIpc) is 3.44. The van der Waals surface area contributed by atoms with Gasteiger partial charge in [0.2, 0.25) is 5.60 Å². The zero-order valence-electron chi connectivity index (χ0n) is 24.5. The van der Waals surface area contributed by atoms with Crippen molar-refractivity contribution in [3.05, 3.63) is 81.4 Å². The minimum absolute atomic E-state index is 0.0589. The first-order valence-electron chi connectivity index (χ1n) is 14.1. The number of carbonyl (C=O) groups excluding carboxylic acids is 1. The largest absolute Gasteiger partial charge is 0.479 e. The summed E-state index contributed by atoms with van der Waals surface area (Å²) in [4.78, 5) is 41.7. The van der Waals surface area contributed by atoms with Crippen molar-refractivity contribution in [1.82, 2.24) is 0 Å². The number of fused-ring (bicyclic) bond motifs is 2. The van der Waals surface area contributed by atoms with E-state index in [9.17, 15) is 29.9 Å². The summed E-state index contributed by atoms with van der Waals surface area (Å²) in [7, 11) is 1.60. The van der Waals surface area contributed by atoms with Gasteiger partial charge in [-0.15, -0.1) is 0 Å². The van der Waals surface area contributed by atoms with E-state index in [2.05, 4.69) is 4.90 Å². The molecule has 1 saturated carbocycles. The summed E-state index contributed by atoms with van der Waals surface area (Å²) in [6.45, 7) is 8.22. The quantitative estimate of drug-likeness (QED) is 0.166. The molecule has 3 aliphatic rings. The van der Waals surface area contributed by atoms with Gasteiger partial charge in [-0.3, -0.25) is 14.9 Å². The van der Waals surface area contributed by atoms with Gasteiger partial charge in [0.05, 0.1) is 41.8 Å². The number of nitro groups is 1. The van der Waals surface area contributed by atoms with Gasteiger partial charge in [-0.25, -0.2) is 4.79 Å². The molecule has 1 aliphatic carbocycles. The molecule has 0 radical (unpaired) electrons. The second-order valence-electron chi connectivity index (χ2n) is 11.2. The number of ether oxygens (including phenoxy) is 2. The maximum Gasteiger partial charge on any atom is 0.345 e. The lowest BCUT2D eigenvalue weighted by molar-refractivity contribution is -0.385. The van der Waals surface area contributed by atoms with E-state index in [4.69, 9.17) is 9.47 Å². The number of carboxylic acids is 1. The summed E-state index contributed by atoms with van der Waals surface area (Å²) in [5, 5.41) is 32.6. The highest BCUT2D eigenvalue weighted by molar-refractivity contribution is 8.00. The zero-order valence-corrected chi connectivity index (χ0v) is 25.3. The number of aliphatic hydroxyl groups is 1. The summed E-state index contributed by atoms with van der Waals surface area (Å²) >= 11 is 1.27. The molecule has 11 nitrogen and oxygen atoms in total. The molecule has 2 N–H and O–H groups in total. The molecular weight excluding hydrogens is 574 g/mol. The van der Waals surface area contributed by atoms with Crippen LogP contribution in [-0.4, -0.2) is 83.9 Å². The maximum atomic E-state index is 13.7. The minimum Gasteiger partial charge on any atom is -0.479 e. The highest BCUT2D eigenvalue weighted by Crippen LogP contribution is 2.51. The minimum atomic E-state index is -2.50. The molecule has 0 bridgehead atoms. The predicted octanol–water partition coefficient (Wildman–Crippen LogP) is 3.93. The van der Waals surface area contributed by atoms with Crippen LogP contribution in [0.25, 0.3) is 0 Å². The van der Waals surface area contributed by atoms with E-state index in [0.29, 0.717) is 37.8 Å². The number of likely N-dealkylation sites (N-methyl/N-ethyl adjacent to an activating group) is 1. The fraction of sp³-hybridized carbons (Fsp3) is 0.419. The van der Waals surface area contributed by atoms with Gasteiger partial charge in [-0.1, -0.05) is 49.9 Å². The number of non-ortho nitro benzene ring substituents is 1. The molecule has 228 valence electrons. The van der Waals surface area contributed by atoms with Crippen molar-refractivity contribution in [2.75, 3.05) is 49.8 Å². The third-order valence-corrected chi connectivity index (χ3v) is 9.68. The third-order valence-electron chi connectivity index (χ3n) is 8.46. The van der Waals surface area contributed by atoms with Crippen LogP contribution in [0.3, 0.4) is 0 Å². The van der Waals surface area contributed by atoms with Gasteiger partial charge in [0.1, 0.15) is 0 Å². The summed E-state index contributed by atoms with van der Waals surface area (Å²) < 4.78 is 10.8. The number of Topliss-reactive ketones (excluding diaryl/α,β-unsaturated/α-hetero) is 1. The van der Waals surface area contributed by atoms with E-state index in [1.807, 2.05) is 49.9 Å². The number of hydrogen-bond acceptors (Lipinski definition) is 10. The zero-order chi connectivity index (χ0) is 31.1. The van der Waals surface area contributed by atoms with Gasteiger partial charge in [-0.2, -0.15) is 0 Å². The van der Waals surface area contributed by atoms with Crippen molar-refractivity contribution >= 4 is 40.6 Å². The Hall–Kier alpha value is -3.71. The Morgan fingerprint density at radius 3 is 2.49 bits per heavy atom. The maximum absolute atomic E-state index is 13.7. The summed E-state index contributed by atoms with van der Waals surface area (Å²) in [6, 6.07) is 12.0. The molecule has 2 aliphatic heterocycles. The van der Waals surface area contributed by atoms with Crippen LogP contribution in [0.2, 0.25) is 0 Å². The van der Waals surface area contributed by atoms with E-state index >= 15 is 0 Å². The molecule has 2 aromatic rings. The van der Waals surface area contributed by atoms with E-state index in [0.717, 1.165) is 16.9 Å². The first-order chi connectivity index (χ1) is 20.5. The van der Waals surface area contributed by atoms with E-state index < -0.39 is 39.1 Å². The summed E-state index contributed by atoms with van der Waals surface area (Å²) in [5.41, 5.74) is -0.711. The molecule has 0 saturated heterocycles. The Labute approximate surface area is 253 Å². The fourth-order valence-electron chi connectivity index (χ4n) is 6.17. The van der Waals surface area contributed by atoms with Crippen LogP contribution in [0, 0.1) is 10.1 Å². The Bertz CT molecular complexity index is 1520. The van der Waals surface area contributed by atoms with Crippen molar-refractivity contribution in [1.29, 1.82) is 0 Å². The van der Waals surface area contributed by atoms with Crippen LogP contribution in [0.5, 0.6) is 0 Å². The number of para-hydroxylation sites is 1. The number of carboxylic acid groups (broad SMARTS) is 1. The number of carbonyl (C=O) groups is 2. The first kappa shape index (κ1) is 30.7. The van der Waals surface area contributed by atoms with Gasteiger partial charge in [0.15, 0.2) is 5.78 Å². The first-order valence-corrected chi connectivity index (χ1v) is 14.9. The number of nitro benzene ring substituents is 1. The SMILES string of the molecule is CCN1c2ccc([N+](=O)[O-])cc2SC1C=C1C(=O)C(=CC2N(CCOCCOC)c3ccccc3C2(C)C)C1(O)C(=O)O. The van der Waals surface area contributed by atoms with Crippen molar-refractivity contribution in [3.8, 4) is 0 Å². The van der Waals surface area contributed by atoms with E-state index in [-0.39, 0.29) is 16.8 Å². The Morgan fingerprint density at radius 2 is 1.81 bits per heavy atom. The van der Waals surface area contributed by atoms with E-state index in [1.54, 1.807) is 19.3 Å². The number of rotatable bonds is 11. The molecule has 2 aromatic carbocycles.